The lowest BCUT2D eigenvalue weighted by Crippen LogP contribution is -2.51. The lowest BCUT2D eigenvalue weighted by atomic mass is 10.1. The van der Waals surface area contributed by atoms with Crippen LogP contribution in [-0.4, -0.2) is 54.7 Å². The van der Waals surface area contributed by atoms with E-state index in [0.717, 1.165) is 21.3 Å². The zero-order valence-corrected chi connectivity index (χ0v) is 15.3. The lowest BCUT2D eigenvalue weighted by molar-refractivity contribution is 0.0868. The van der Waals surface area contributed by atoms with Crippen molar-refractivity contribution in [3.8, 4) is 0 Å². The summed E-state index contributed by atoms with van der Waals surface area (Å²) in [6.45, 7) is 8.05. The second-order valence-corrected chi connectivity index (χ2v) is 6.43. The Morgan fingerprint density at radius 3 is 2.17 bits per heavy atom. The van der Waals surface area contributed by atoms with Crippen molar-refractivity contribution in [2.75, 3.05) is 38.1 Å². The van der Waals surface area contributed by atoms with Crippen LogP contribution < -0.4 is 5.32 Å². The first-order valence-corrected chi connectivity index (χ1v) is 8.46. The highest BCUT2D eigenvalue weighted by Gasteiger charge is 2.25. The Labute approximate surface area is 144 Å². The minimum absolute atomic E-state index is 0.137. The summed E-state index contributed by atoms with van der Waals surface area (Å²) in [4.78, 5) is 27.4. The number of halogens is 1. The molecule has 7 heteroatoms. The third-order valence-electron chi connectivity index (χ3n) is 3.82. The maximum atomic E-state index is 12.4. The summed E-state index contributed by atoms with van der Waals surface area (Å²) < 4.78 is 5.97. The average Bonchev–Trinajstić information content (AvgIpc) is 2.51. The first-order chi connectivity index (χ1) is 10.9. The van der Waals surface area contributed by atoms with Gasteiger partial charge in [0.15, 0.2) is 0 Å². The van der Waals surface area contributed by atoms with Gasteiger partial charge in [0.25, 0.3) is 0 Å². The number of ether oxygens (including phenoxy) is 1. The number of carbonyl (C=O) groups is 2. The van der Waals surface area contributed by atoms with Crippen molar-refractivity contribution in [2.45, 2.75) is 20.8 Å². The smallest absolute Gasteiger partial charge is 0.409 e. The predicted octanol–water partition coefficient (Wildman–Crippen LogP) is 3.37. The van der Waals surface area contributed by atoms with Crippen LogP contribution in [0.15, 0.2) is 16.6 Å². The van der Waals surface area contributed by atoms with Crippen LogP contribution in [0.3, 0.4) is 0 Å². The second-order valence-electron chi connectivity index (χ2n) is 5.52. The number of carbonyl (C=O) groups excluding carboxylic acids is 2. The molecule has 1 aromatic carbocycles. The van der Waals surface area contributed by atoms with Crippen LogP contribution in [0.1, 0.15) is 18.1 Å². The van der Waals surface area contributed by atoms with E-state index in [2.05, 4.69) is 21.2 Å². The SMILES string of the molecule is CCOC(=O)N1CCN(C(=O)Nc2c(C)cc(Br)cc2C)CC1. The van der Waals surface area contributed by atoms with Crippen molar-refractivity contribution in [1.29, 1.82) is 0 Å². The van der Waals surface area contributed by atoms with Crippen LogP contribution in [0.4, 0.5) is 15.3 Å². The van der Waals surface area contributed by atoms with Crippen LogP contribution in [-0.2, 0) is 4.74 Å². The van der Waals surface area contributed by atoms with Gasteiger partial charge in [0.2, 0.25) is 0 Å². The number of aryl methyl sites for hydroxylation is 2. The summed E-state index contributed by atoms with van der Waals surface area (Å²) in [5.41, 5.74) is 2.86. The lowest BCUT2D eigenvalue weighted by Gasteiger charge is -2.34. The highest BCUT2D eigenvalue weighted by atomic mass is 79.9. The standard InChI is InChI=1S/C16H22BrN3O3/c1-4-23-16(22)20-7-5-19(6-8-20)15(21)18-14-11(2)9-13(17)10-12(14)3/h9-10H,4-8H2,1-3H3,(H,18,21). The highest BCUT2D eigenvalue weighted by molar-refractivity contribution is 9.10. The van der Waals surface area contributed by atoms with E-state index in [0.29, 0.717) is 32.8 Å². The molecule has 6 nitrogen and oxygen atoms in total. The molecule has 1 fully saturated rings. The van der Waals surface area contributed by atoms with Gasteiger partial charge in [-0.25, -0.2) is 9.59 Å². The number of nitrogens with zero attached hydrogens (tertiary/aromatic N) is 2. The Hall–Kier alpha value is -1.76. The molecule has 0 spiro atoms. The molecule has 23 heavy (non-hydrogen) atoms. The number of urea groups is 1. The fourth-order valence-corrected chi connectivity index (χ4v) is 3.29. The van der Waals surface area contributed by atoms with Crippen LogP contribution in [0.2, 0.25) is 0 Å². The van der Waals surface area contributed by atoms with Gasteiger partial charge >= 0.3 is 12.1 Å². The van der Waals surface area contributed by atoms with Crippen LogP contribution in [0.5, 0.6) is 0 Å². The molecular weight excluding hydrogens is 362 g/mol. The maximum absolute atomic E-state index is 12.4. The molecular formula is C16H22BrN3O3. The van der Waals surface area contributed by atoms with E-state index < -0.39 is 0 Å². The third kappa shape index (κ3) is 4.37. The van der Waals surface area contributed by atoms with E-state index >= 15 is 0 Å². The molecule has 1 aliphatic heterocycles. The van der Waals surface area contributed by atoms with Crippen molar-refractivity contribution in [1.82, 2.24) is 9.80 Å². The van der Waals surface area contributed by atoms with Crippen LogP contribution >= 0.6 is 15.9 Å². The largest absolute Gasteiger partial charge is 0.450 e. The highest BCUT2D eigenvalue weighted by Crippen LogP contribution is 2.25. The normalized spacial score (nSPS) is 14.6. The molecule has 1 heterocycles. The van der Waals surface area contributed by atoms with Crippen molar-refractivity contribution in [3.05, 3.63) is 27.7 Å². The molecule has 0 aliphatic carbocycles. The van der Waals surface area contributed by atoms with E-state index in [1.807, 2.05) is 26.0 Å². The Bertz CT molecular complexity index is 575. The molecule has 0 radical (unpaired) electrons. The van der Waals surface area contributed by atoms with Crippen molar-refractivity contribution in [3.63, 3.8) is 0 Å². The fraction of sp³-hybridized carbons (Fsp3) is 0.500. The Morgan fingerprint density at radius 1 is 1.13 bits per heavy atom. The fourth-order valence-electron chi connectivity index (χ4n) is 2.60. The van der Waals surface area contributed by atoms with Gasteiger partial charge in [-0.15, -0.1) is 0 Å². The summed E-state index contributed by atoms with van der Waals surface area (Å²) in [5, 5.41) is 2.98. The maximum Gasteiger partial charge on any atom is 0.409 e. The molecule has 126 valence electrons. The number of piperazine rings is 1. The number of hydrogen-bond donors (Lipinski definition) is 1. The van der Waals surface area contributed by atoms with Gasteiger partial charge in [-0.05, 0) is 44.0 Å². The predicted molar refractivity (Wildman–Crippen MR) is 92.8 cm³/mol. The van der Waals surface area contributed by atoms with E-state index in [1.54, 1.807) is 16.7 Å². The molecule has 0 unspecified atom stereocenters. The molecule has 0 bridgehead atoms. The summed E-state index contributed by atoms with van der Waals surface area (Å²) >= 11 is 3.45. The molecule has 1 aromatic rings. The molecule has 1 N–H and O–H groups in total. The second kappa shape index (κ2) is 7.68. The Kier molecular flexibility index (Phi) is 5.87. The van der Waals surface area contributed by atoms with Gasteiger partial charge in [0.1, 0.15) is 0 Å². The number of amides is 3. The monoisotopic (exact) mass is 383 g/mol. The van der Waals surface area contributed by atoms with Gasteiger partial charge in [-0.2, -0.15) is 0 Å². The minimum atomic E-state index is -0.313. The Balaban J connectivity index is 1.95. The van der Waals surface area contributed by atoms with Gasteiger partial charge in [-0.3, -0.25) is 0 Å². The van der Waals surface area contributed by atoms with E-state index in [9.17, 15) is 9.59 Å². The van der Waals surface area contributed by atoms with E-state index in [1.165, 1.54) is 0 Å². The average molecular weight is 384 g/mol. The summed E-state index contributed by atoms with van der Waals surface area (Å²) in [6, 6.07) is 3.81. The topological polar surface area (TPSA) is 61.9 Å². The minimum Gasteiger partial charge on any atom is -0.450 e. The first-order valence-electron chi connectivity index (χ1n) is 7.66. The number of nitrogens with one attached hydrogen (secondary N) is 1. The van der Waals surface area contributed by atoms with Crippen molar-refractivity contribution in [2.24, 2.45) is 0 Å². The summed E-state index contributed by atoms with van der Waals surface area (Å²) in [7, 11) is 0. The van der Waals surface area contributed by atoms with E-state index in [-0.39, 0.29) is 12.1 Å². The van der Waals surface area contributed by atoms with E-state index in [4.69, 9.17) is 4.74 Å². The number of anilines is 1. The molecule has 3 amide bonds. The van der Waals surface area contributed by atoms with Gasteiger partial charge in [-0.1, -0.05) is 15.9 Å². The molecule has 0 aromatic heterocycles. The summed E-state index contributed by atoms with van der Waals surface area (Å²) in [6.07, 6.45) is -0.313. The van der Waals surface area contributed by atoms with Gasteiger partial charge in [0, 0.05) is 36.3 Å². The van der Waals surface area contributed by atoms with Crippen LogP contribution in [0, 0.1) is 13.8 Å². The molecule has 0 saturated carbocycles. The molecule has 1 aliphatic rings. The number of rotatable bonds is 2. The molecule has 2 rings (SSSR count). The first kappa shape index (κ1) is 17.6. The zero-order chi connectivity index (χ0) is 17.0. The zero-order valence-electron chi connectivity index (χ0n) is 13.7. The van der Waals surface area contributed by atoms with Crippen molar-refractivity contribution < 1.29 is 14.3 Å². The number of benzene rings is 1. The molecule has 0 atom stereocenters. The summed E-state index contributed by atoms with van der Waals surface area (Å²) in [5.74, 6) is 0. The van der Waals surface area contributed by atoms with Gasteiger partial charge in [0.05, 0.1) is 6.61 Å². The molecule has 1 saturated heterocycles. The van der Waals surface area contributed by atoms with Gasteiger partial charge < -0.3 is 19.9 Å². The van der Waals surface area contributed by atoms with Crippen molar-refractivity contribution >= 4 is 33.7 Å². The number of hydrogen-bond acceptors (Lipinski definition) is 3. The van der Waals surface area contributed by atoms with Crippen LogP contribution in [0.25, 0.3) is 0 Å². The quantitative estimate of drug-likeness (QED) is 0.851. The third-order valence-corrected chi connectivity index (χ3v) is 4.28. The Morgan fingerprint density at radius 2 is 1.65 bits per heavy atom.